The van der Waals surface area contributed by atoms with Crippen LogP contribution in [0.3, 0.4) is 0 Å². The highest BCUT2D eigenvalue weighted by atomic mass is 79.9. The summed E-state index contributed by atoms with van der Waals surface area (Å²) in [5.74, 6) is 1.22. The van der Waals surface area contributed by atoms with Crippen LogP contribution in [-0.2, 0) is 5.11 Å². The number of anilines is 2. The first-order valence-electron chi connectivity index (χ1n) is 9.32. The zero-order valence-corrected chi connectivity index (χ0v) is 17.3. The number of nitrogens with one attached hydrogen (secondary N) is 1. The lowest BCUT2D eigenvalue weighted by molar-refractivity contribution is 0.355. The Bertz CT molecular complexity index is 1330. The van der Waals surface area contributed by atoms with Gasteiger partial charge in [0.25, 0.3) is 0 Å². The Morgan fingerprint density at radius 2 is 1.63 bits per heavy atom. The van der Waals surface area contributed by atoms with Crippen LogP contribution in [0.15, 0.2) is 94.1 Å². The van der Waals surface area contributed by atoms with Gasteiger partial charge in [0, 0.05) is 27.4 Å². The largest absolute Gasteiger partial charge is 0.437 e. The van der Waals surface area contributed by atoms with Gasteiger partial charge < -0.3 is 9.73 Å². The van der Waals surface area contributed by atoms with Gasteiger partial charge >= 0.3 is 0 Å². The SMILES string of the molecule is [O]c1cccc(Nc2ncnc3oc(-c4ccc(Br)cc4)c(-c4ccccc4)c23)c1. The molecule has 0 aliphatic carbocycles. The second-order valence-corrected chi connectivity index (χ2v) is 7.65. The lowest BCUT2D eigenvalue weighted by Crippen LogP contribution is -1.95. The average Bonchev–Trinajstić information content (AvgIpc) is 3.15. The first-order chi connectivity index (χ1) is 14.7. The van der Waals surface area contributed by atoms with Crippen molar-refractivity contribution in [1.29, 1.82) is 0 Å². The van der Waals surface area contributed by atoms with Gasteiger partial charge in [-0.15, -0.1) is 0 Å². The summed E-state index contributed by atoms with van der Waals surface area (Å²) < 4.78 is 7.20. The molecule has 5 nitrogen and oxygen atoms in total. The molecule has 0 aliphatic heterocycles. The molecule has 0 bridgehead atoms. The van der Waals surface area contributed by atoms with E-state index in [1.807, 2.05) is 60.7 Å². The zero-order valence-electron chi connectivity index (χ0n) is 15.7. The summed E-state index contributed by atoms with van der Waals surface area (Å²) in [6.45, 7) is 0. The van der Waals surface area contributed by atoms with Crippen LogP contribution in [0.1, 0.15) is 0 Å². The van der Waals surface area contributed by atoms with Crippen molar-refractivity contribution in [2.75, 3.05) is 5.32 Å². The monoisotopic (exact) mass is 456 g/mol. The number of hydrogen-bond donors (Lipinski definition) is 1. The highest BCUT2D eigenvalue weighted by molar-refractivity contribution is 9.10. The van der Waals surface area contributed by atoms with E-state index in [1.54, 1.807) is 6.07 Å². The summed E-state index contributed by atoms with van der Waals surface area (Å²) >= 11 is 3.48. The van der Waals surface area contributed by atoms with E-state index in [9.17, 15) is 5.11 Å². The fourth-order valence-corrected chi connectivity index (χ4v) is 3.69. The highest BCUT2D eigenvalue weighted by Gasteiger charge is 2.22. The summed E-state index contributed by atoms with van der Waals surface area (Å²) in [6.07, 6.45) is 1.45. The molecule has 0 amide bonds. The molecule has 6 heteroatoms. The number of furan rings is 1. The van der Waals surface area contributed by atoms with E-state index in [0.717, 1.165) is 26.5 Å². The zero-order chi connectivity index (χ0) is 20.5. The molecule has 5 rings (SSSR count). The van der Waals surface area contributed by atoms with E-state index >= 15 is 0 Å². The number of benzene rings is 3. The molecule has 145 valence electrons. The molecule has 0 fully saturated rings. The second-order valence-electron chi connectivity index (χ2n) is 6.73. The van der Waals surface area contributed by atoms with Crippen molar-refractivity contribution < 1.29 is 9.52 Å². The van der Waals surface area contributed by atoms with Crippen molar-refractivity contribution in [1.82, 2.24) is 9.97 Å². The Balaban J connectivity index is 1.76. The molecule has 2 aromatic heterocycles. The van der Waals surface area contributed by atoms with Gasteiger partial charge in [-0.3, -0.25) is 5.11 Å². The van der Waals surface area contributed by atoms with E-state index in [1.165, 1.54) is 18.5 Å². The number of rotatable bonds is 4. The van der Waals surface area contributed by atoms with E-state index in [2.05, 4.69) is 31.2 Å². The fourth-order valence-electron chi connectivity index (χ4n) is 3.42. The van der Waals surface area contributed by atoms with Crippen LogP contribution in [0.4, 0.5) is 11.5 Å². The van der Waals surface area contributed by atoms with Crippen molar-refractivity contribution in [3.63, 3.8) is 0 Å². The summed E-state index contributed by atoms with van der Waals surface area (Å²) in [7, 11) is 0. The third-order valence-corrected chi connectivity index (χ3v) is 5.28. The van der Waals surface area contributed by atoms with Gasteiger partial charge in [-0.05, 0) is 29.8 Å². The van der Waals surface area contributed by atoms with Crippen molar-refractivity contribution in [3.8, 4) is 28.2 Å². The first kappa shape index (κ1) is 18.4. The van der Waals surface area contributed by atoms with Crippen LogP contribution in [0.25, 0.3) is 33.6 Å². The molecule has 3 aromatic carbocycles. The normalized spacial score (nSPS) is 11.0. The number of aromatic nitrogens is 2. The van der Waals surface area contributed by atoms with Crippen LogP contribution >= 0.6 is 15.9 Å². The maximum Gasteiger partial charge on any atom is 0.232 e. The van der Waals surface area contributed by atoms with Crippen LogP contribution in [0.5, 0.6) is 5.75 Å². The molecule has 30 heavy (non-hydrogen) atoms. The molecule has 2 heterocycles. The second kappa shape index (κ2) is 7.65. The Morgan fingerprint density at radius 3 is 2.40 bits per heavy atom. The van der Waals surface area contributed by atoms with E-state index in [4.69, 9.17) is 4.42 Å². The third-order valence-electron chi connectivity index (χ3n) is 4.75. The van der Waals surface area contributed by atoms with Crippen LogP contribution in [0.2, 0.25) is 0 Å². The quantitative estimate of drug-likeness (QED) is 0.310. The predicted molar refractivity (Wildman–Crippen MR) is 120 cm³/mol. The van der Waals surface area contributed by atoms with E-state index in [-0.39, 0.29) is 5.75 Å². The Kier molecular flexibility index (Phi) is 4.69. The van der Waals surface area contributed by atoms with Gasteiger partial charge in [0.05, 0.1) is 5.39 Å². The number of hydrogen-bond acceptors (Lipinski definition) is 4. The topological polar surface area (TPSA) is 70.8 Å². The van der Waals surface area contributed by atoms with Gasteiger partial charge in [-0.25, -0.2) is 9.97 Å². The van der Waals surface area contributed by atoms with Gasteiger partial charge in [0.15, 0.2) is 5.75 Å². The summed E-state index contributed by atoms with van der Waals surface area (Å²) in [5, 5.41) is 15.8. The van der Waals surface area contributed by atoms with Crippen molar-refractivity contribution in [2.45, 2.75) is 0 Å². The Hall–Kier alpha value is -3.64. The standard InChI is InChI=1S/C24H15BrN3O2/c25-17-11-9-16(10-12-17)22-20(15-5-2-1-3-6-15)21-23(26-14-27-24(21)30-22)28-18-7-4-8-19(29)13-18/h1-14H,(H,26,27,28). The Labute approximate surface area is 181 Å². The summed E-state index contributed by atoms with van der Waals surface area (Å²) in [5.41, 5.74) is 3.96. The number of nitrogens with zero attached hydrogens (tertiary/aromatic N) is 2. The molecule has 0 aliphatic rings. The molecule has 1 N–H and O–H groups in total. The van der Waals surface area contributed by atoms with E-state index < -0.39 is 0 Å². The number of halogens is 1. The maximum absolute atomic E-state index is 11.8. The van der Waals surface area contributed by atoms with Gasteiger partial charge in [-0.2, -0.15) is 0 Å². The molecule has 0 unspecified atom stereocenters. The fraction of sp³-hybridized carbons (Fsp3) is 0. The highest BCUT2D eigenvalue weighted by Crippen LogP contribution is 2.43. The summed E-state index contributed by atoms with van der Waals surface area (Å²) in [4.78, 5) is 8.81. The lowest BCUT2D eigenvalue weighted by atomic mass is 9.99. The predicted octanol–water partition coefficient (Wildman–Crippen LogP) is 7.21. The lowest BCUT2D eigenvalue weighted by Gasteiger charge is -2.08. The average molecular weight is 457 g/mol. The molecule has 0 spiro atoms. The minimum Gasteiger partial charge on any atom is -0.437 e. The molecular weight excluding hydrogens is 442 g/mol. The minimum atomic E-state index is -0.0728. The molecule has 0 saturated heterocycles. The molecule has 0 atom stereocenters. The van der Waals surface area contributed by atoms with Crippen LogP contribution in [0, 0.1) is 0 Å². The molecule has 0 saturated carbocycles. The van der Waals surface area contributed by atoms with Crippen molar-refractivity contribution in [3.05, 3.63) is 89.7 Å². The number of fused-ring (bicyclic) bond motifs is 1. The Morgan fingerprint density at radius 1 is 0.833 bits per heavy atom. The summed E-state index contributed by atoms with van der Waals surface area (Å²) in [6, 6.07) is 24.5. The van der Waals surface area contributed by atoms with Crippen LogP contribution in [-0.4, -0.2) is 9.97 Å². The van der Waals surface area contributed by atoms with Crippen molar-refractivity contribution in [2.24, 2.45) is 0 Å². The van der Waals surface area contributed by atoms with Gasteiger partial charge in [-0.1, -0.05) is 64.5 Å². The maximum atomic E-state index is 11.8. The first-order valence-corrected chi connectivity index (χ1v) is 10.1. The molecule has 5 aromatic rings. The minimum absolute atomic E-state index is 0.0728. The van der Waals surface area contributed by atoms with Gasteiger partial charge in [0.2, 0.25) is 5.71 Å². The molecular formula is C24H15BrN3O2. The smallest absolute Gasteiger partial charge is 0.232 e. The van der Waals surface area contributed by atoms with E-state index in [0.29, 0.717) is 23.0 Å². The van der Waals surface area contributed by atoms with Crippen LogP contribution < -0.4 is 5.32 Å². The van der Waals surface area contributed by atoms with Crippen molar-refractivity contribution >= 4 is 38.5 Å². The van der Waals surface area contributed by atoms with Gasteiger partial charge in [0.1, 0.15) is 17.9 Å². The third kappa shape index (κ3) is 3.42. The molecule has 1 radical (unpaired) electrons.